The Kier molecular flexibility index (Phi) is 5.72. The van der Waals surface area contributed by atoms with Gasteiger partial charge in [0.25, 0.3) is 0 Å². The van der Waals surface area contributed by atoms with Crippen molar-refractivity contribution in [3.8, 4) is 5.75 Å². The molecule has 1 amide bonds. The van der Waals surface area contributed by atoms with Crippen molar-refractivity contribution in [3.63, 3.8) is 0 Å². The van der Waals surface area contributed by atoms with Crippen LogP contribution in [-0.4, -0.2) is 49.0 Å². The summed E-state index contributed by atoms with van der Waals surface area (Å²) < 4.78 is 18.7. The van der Waals surface area contributed by atoms with Crippen LogP contribution in [0.5, 0.6) is 5.75 Å². The van der Waals surface area contributed by atoms with E-state index in [0.29, 0.717) is 12.5 Å². The molecule has 1 heterocycles. The van der Waals surface area contributed by atoms with Gasteiger partial charge in [0.05, 0.1) is 7.11 Å². The zero-order valence-electron chi connectivity index (χ0n) is 14.5. The summed E-state index contributed by atoms with van der Waals surface area (Å²) in [6, 6.07) is 5.12. The number of amides is 1. The quantitative estimate of drug-likeness (QED) is 0.848. The summed E-state index contributed by atoms with van der Waals surface area (Å²) in [4.78, 5) is 16.9. The highest BCUT2D eigenvalue weighted by Gasteiger charge is 2.28. The predicted octanol–water partition coefficient (Wildman–Crippen LogP) is 3.06. The average Bonchev–Trinajstić information content (AvgIpc) is 2.63. The van der Waals surface area contributed by atoms with E-state index in [9.17, 15) is 9.18 Å². The number of benzene rings is 1. The SMILES string of the molecule is COc1ccc(CN2CCN(C(=O)C3CCCCC3)CC2)cc1F. The maximum Gasteiger partial charge on any atom is 0.225 e. The van der Waals surface area contributed by atoms with Gasteiger partial charge in [0.1, 0.15) is 0 Å². The molecule has 0 unspecified atom stereocenters. The highest BCUT2D eigenvalue weighted by atomic mass is 19.1. The molecular formula is C19H27FN2O2. The normalized spacial score (nSPS) is 20.2. The monoisotopic (exact) mass is 334 g/mol. The molecule has 3 rings (SSSR count). The van der Waals surface area contributed by atoms with Gasteiger partial charge in [-0.15, -0.1) is 0 Å². The lowest BCUT2D eigenvalue weighted by Crippen LogP contribution is -2.50. The van der Waals surface area contributed by atoms with Gasteiger partial charge < -0.3 is 9.64 Å². The van der Waals surface area contributed by atoms with Crippen LogP contribution in [0, 0.1) is 11.7 Å². The van der Waals surface area contributed by atoms with Crippen LogP contribution >= 0.6 is 0 Å². The van der Waals surface area contributed by atoms with Gasteiger partial charge in [-0.3, -0.25) is 9.69 Å². The molecule has 2 fully saturated rings. The summed E-state index contributed by atoms with van der Waals surface area (Å²) in [6.07, 6.45) is 5.78. The van der Waals surface area contributed by atoms with Crippen LogP contribution in [0.25, 0.3) is 0 Å². The van der Waals surface area contributed by atoms with Crippen molar-refractivity contribution in [1.82, 2.24) is 9.80 Å². The molecule has 1 saturated carbocycles. The number of hydrogen-bond acceptors (Lipinski definition) is 3. The second-order valence-corrected chi connectivity index (χ2v) is 6.91. The molecule has 1 aromatic carbocycles. The molecule has 0 aromatic heterocycles. The Balaban J connectivity index is 1.49. The standard InChI is InChI=1S/C19H27FN2O2/c1-24-18-8-7-15(13-17(18)20)14-21-9-11-22(12-10-21)19(23)16-5-3-2-4-6-16/h7-8,13,16H,2-6,9-12,14H2,1H3. The first-order chi connectivity index (χ1) is 11.7. The third-order valence-corrected chi connectivity index (χ3v) is 5.26. The number of halogens is 1. The van der Waals surface area contributed by atoms with Gasteiger partial charge in [0.15, 0.2) is 11.6 Å². The van der Waals surface area contributed by atoms with Crippen LogP contribution in [0.1, 0.15) is 37.7 Å². The molecule has 1 saturated heterocycles. The molecule has 4 nitrogen and oxygen atoms in total. The van der Waals surface area contributed by atoms with Crippen molar-refractivity contribution in [2.45, 2.75) is 38.6 Å². The van der Waals surface area contributed by atoms with E-state index in [1.807, 2.05) is 11.0 Å². The van der Waals surface area contributed by atoms with E-state index in [-0.39, 0.29) is 17.5 Å². The Morgan fingerprint density at radius 3 is 2.50 bits per heavy atom. The van der Waals surface area contributed by atoms with Crippen molar-refractivity contribution in [2.24, 2.45) is 5.92 Å². The molecular weight excluding hydrogens is 307 g/mol. The summed E-state index contributed by atoms with van der Waals surface area (Å²) in [5.41, 5.74) is 0.945. The lowest BCUT2D eigenvalue weighted by molar-refractivity contribution is -0.138. The van der Waals surface area contributed by atoms with E-state index in [1.54, 1.807) is 12.1 Å². The number of methoxy groups -OCH3 is 1. The molecule has 0 spiro atoms. The minimum atomic E-state index is -0.318. The van der Waals surface area contributed by atoms with Gasteiger partial charge in [-0.25, -0.2) is 4.39 Å². The van der Waals surface area contributed by atoms with Crippen LogP contribution in [0.3, 0.4) is 0 Å². The minimum Gasteiger partial charge on any atom is -0.494 e. The van der Waals surface area contributed by atoms with Crippen molar-refractivity contribution in [3.05, 3.63) is 29.6 Å². The number of rotatable bonds is 4. The molecule has 1 aromatic rings. The molecule has 24 heavy (non-hydrogen) atoms. The summed E-state index contributed by atoms with van der Waals surface area (Å²) >= 11 is 0. The van der Waals surface area contributed by atoms with Crippen LogP contribution in [-0.2, 0) is 11.3 Å². The van der Waals surface area contributed by atoms with Gasteiger partial charge in [-0.2, -0.15) is 0 Å². The Morgan fingerprint density at radius 1 is 1.17 bits per heavy atom. The number of carbonyl (C=O) groups excluding carboxylic acids is 1. The zero-order chi connectivity index (χ0) is 16.9. The van der Waals surface area contributed by atoms with Gasteiger partial charge >= 0.3 is 0 Å². The van der Waals surface area contributed by atoms with E-state index in [2.05, 4.69) is 4.90 Å². The largest absolute Gasteiger partial charge is 0.494 e. The smallest absolute Gasteiger partial charge is 0.225 e. The first kappa shape index (κ1) is 17.2. The van der Waals surface area contributed by atoms with E-state index < -0.39 is 0 Å². The summed E-state index contributed by atoms with van der Waals surface area (Å²) in [6.45, 7) is 3.99. The molecule has 5 heteroatoms. The number of hydrogen-bond donors (Lipinski definition) is 0. The number of nitrogens with zero attached hydrogens (tertiary/aromatic N) is 2. The number of ether oxygens (including phenoxy) is 1. The fourth-order valence-corrected chi connectivity index (χ4v) is 3.80. The lowest BCUT2D eigenvalue weighted by atomic mass is 9.88. The molecule has 0 N–H and O–H groups in total. The van der Waals surface area contributed by atoms with E-state index >= 15 is 0 Å². The highest BCUT2D eigenvalue weighted by Crippen LogP contribution is 2.26. The van der Waals surface area contributed by atoms with E-state index in [1.165, 1.54) is 26.4 Å². The van der Waals surface area contributed by atoms with Crippen LogP contribution < -0.4 is 4.74 Å². The summed E-state index contributed by atoms with van der Waals surface area (Å²) in [5, 5.41) is 0. The molecule has 0 bridgehead atoms. The Morgan fingerprint density at radius 2 is 1.88 bits per heavy atom. The Bertz CT molecular complexity index is 564. The topological polar surface area (TPSA) is 32.8 Å². The zero-order valence-corrected chi connectivity index (χ0v) is 14.5. The van der Waals surface area contributed by atoms with Crippen LogP contribution in [0.4, 0.5) is 4.39 Å². The fourth-order valence-electron chi connectivity index (χ4n) is 3.80. The molecule has 2 aliphatic rings. The Hall–Kier alpha value is -1.62. The maximum atomic E-state index is 13.8. The number of piperazine rings is 1. The molecule has 0 radical (unpaired) electrons. The Labute approximate surface area is 143 Å². The lowest BCUT2D eigenvalue weighted by Gasteiger charge is -2.37. The highest BCUT2D eigenvalue weighted by molar-refractivity contribution is 5.79. The van der Waals surface area contributed by atoms with Gasteiger partial charge in [0.2, 0.25) is 5.91 Å². The van der Waals surface area contributed by atoms with Gasteiger partial charge in [0, 0.05) is 38.6 Å². The van der Waals surface area contributed by atoms with Gasteiger partial charge in [-0.05, 0) is 30.5 Å². The van der Waals surface area contributed by atoms with Crippen molar-refractivity contribution < 1.29 is 13.9 Å². The number of carbonyl (C=O) groups is 1. The van der Waals surface area contributed by atoms with Crippen molar-refractivity contribution in [1.29, 1.82) is 0 Å². The van der Waals surface area contributed by atoms with E-state index in [0.717, 1.165) is 44.6 Å². The first-order valence-electron chi connectivity index (χ1n) is 9.01. The third-order valence-electron chi connectivity index (χ3n) is 5.26. The second-order valence-electron chi connectivity index (χ2n) is 6.91. The van der Waals surface area contributed by atoms with E-state index in [4.69, 9.17) is 4.74 Å². The molecule has 1 aliphatic heterocycles. The molecule has 1 aliphatic carbocycles. The maximum absolute atomic E-state index is 13.8. The molecule has 132 valence electrons. The summed E-state index contributed by atoms with van der Waals surface area (Å²) in [5.74, 6) is 0.564. The van der Waals surface area contributed by atoms with Crippen molar-refractivity contribution in [2.75, 3.05) is 33.3 Å². The average molecular weight is 334 g/mol. The third kappa shape index (κ3) is 4.07. The van der Waals surface area contributed by atoms with Crippen molar-refractivity contribution >= 4 is 5.91 Å². The van der Waals surface area contributed by atoms with Crippen LogP contribution in [0.2, 0.25) is 0 Å². The fraction of sp³-hybridized carbons (Fsp3) is 0.632. The van der Waals surface area contributed by atoms with Crippen LogP contribution in [0.15, 0.2) is 18.2 Å². The predicted molar refractivity (Wildman–Crippen MR) is 91.4 cm³/mol. The first-order valence-corrected chi connectivity index (χ1v) is 9.01. The second kappa shape index (κ2) is 7.97. The molecule has 0 atom stereocenters. The summed E-state index contributed by atoms with van der Waals surface area (Å²) in [7, 11) is 1.47. The van der Waals surface area contributed by atoms with Gasteiger partial charge in [-0.1, -0.05) is 25.3 Å². The minimum absolute atomic E-state index is 0.251.